The van der Waals surface area contributed by atoms with Crippen LogP contribution in [0.3, 0.4) is 0 Å². The van der Waals surface area contributed by atoms with Gasteiger partial charge in [0.15, 0.2) is 0 Å². The zero-order valence-electron chi connectivity index (χ0n) is 12.9. The smallest absolute Gasteiger partial charge is 0.236 e. The fraction of sp³-hybridized carbons (Fsp3) is 0.929. The van der Waals surface area contributed by atoms with Crippen molar-refractivity contribution in [3.63, 3.8) is 0 Å². The highest BCUT2D eigenvalue weighted by Gasteiger charge is 2.29. The fourth-order valence-electron chi connectivity index (χ4n) is 2.40. The Bertz CT molecular complexity index is 285. The summed E-state index contributed by atoms with van der Waals surface area (Å²) < 4.78 is 0. The number of nitrogens with zero attached hydrogens (tertiary/aromatic N) is 2. The maximum atomic E-state index is 11.9. The number of carbonyl (C=O) groups excluding carboxylic acids is 1. The lowest BCUT2D eigenvalue weighted by molar-refractivity contribution is -0.123. The first-order chi connectivity index (χ1) is 8.86. The van der Waals surface area contributed by atoms with Crippen molar-refractivity contribution in [3.05, 3.63) is 0 Å². The lowest BCUT2D eigenvalue weighted by Gasteiger charge is -2.43. The standard InChI is InChI=1S/C14H30N4O/c1-5-6-12(15)13(19)16-11-14(2,3)18-9-7-17(4)8-10-18/h12H,5-11,15H2,1-4H3,(H,16,19). The van der Waals surface area contributed by atoms with Gasteiger partial charge in [0.05, 0.1) is 6.04 Å². The van der Waals surface area contributed by atoms with Crippen molar-refractivity contribution in [2.45, 2.75) is 45.2 Å². The number of nitrogens with two attached hydrogens (primary N) is 1. The molecule has 0 bridgehead atoms. The molecule has 0 aromatic carbocycles. The van der Waals surface area contributed by atoms with Crippen LogP contribution in [0.2, 0.25) is 0 Å². The van der Waals surface area contributed by atoms with Crippen molar-refractivity contribution in [2.75, 3.05) is 39.8 Å². The molecule has 1 aliphatic rings. The van der Waals surface area contributed by atoms with Crippen molar-refractivity contribution in [2.24, 2.45) is 5.73 Å². The van der Waals surface area contributed by atoms with Crippen molar-refractivity contribution in [3.8, 4) is 0 Å². The van der Waals surface area contributed by atoms with Gasteiger partial charge in [0.25, 0.3) is 0 Å². The van der Waals surface area contributed by atoms with E-state index >= 15 is 0 Å². The van der Waals surface area contributed by atoms with Crippen LogP contribution in [0.1, 0.15) is 33.6 Å². The summed E-state index contributed by atoms with van der Waals surface area (Å²) in [6, 6.07) is -0.367. The number of hydrogen-bond acceptors (Lipinski definition) is 4. The molecule has 1 atom stereocenters. The van der Waals surface area contributed by atoms with E-state index in [1.807, 2.05) is 6.92 Å². The van der Waals surface area contributed by atoms with Gasteiger partial charge in [-0.1, -0.05) is 13.3 Å². The van der Waals surface area contributed by atoms with Crippen LogP contribution in [0.4, 0.5) is 0 Å². The largest absolute Gasteiger partial charge is 0.353 e. The highest BCUT2D eigenvalue weighted by Crippen LogP contribution is 2.15. The minimum Gasteiger partial charge on any atom is -0.353 e. The van der Waals surface area contributed by atoms with Crippen molar-refractivity contribution >= 4 is 5.91 Å². The van der Waals surface area contributed by atoms with Gasteiger partial charge in [-0.25, -0.2) is 0 Å². The van der Waals surface area contributed by atoms with Crippen LogP contribution < -0.4 is 11.1 Å². The van der Waals surface area contributed by atoms with Gasteiger partial charge in [-0.05, 0) is 27.3 Å². The van der Waals surface area contributed by atoms with Crippen LogP contribution in [-0.2, 0) is 4.79 Å². The number of rotatable bonds is 6. The molecular weight excluding hydrogens is 240 g/mol. The Kier molecular flexibility index (Phi) is 6.23. The highest BCUT2D eigenvalue weighted by atomic mass is 16.2. The molecule has 0 aliphatic carbocycles. The first-order valence-corrected chi connectivity index (χ1v) is 7.33. The lowest BCUT2D eigenvalue weighted by atomic mass is 10.0. The molecule has 0 spiro atoms. The second kappa shape index (κ2) is 7.22. The van der Waals surface area contributed by atoms with Gasteiger partial charge in [0.1, 0.15) is 0 Å². The van der Waals surface area contributed by atoms with E-state index in [1.165, 1.54) is 0 Å². The SMILES string of the molecule is CCCC(N)C(=O)NCC(C)(C)N1CCN(C)CC1. The van der Waals surface area contributed by atoms with Gasteiger partial charge in [0.2, 0.25) is 5.91 Å². The van der Waals surface area contributed by atoms with E-state index in [4.69, 9.17) is 5.73 Å². The second-order valence-electron chi connectivity index (χ2n) is 6.22. The van der Waals surface area contributed by atoms with E-state index in [2.05, 4.69) is 36.0 Å². The number of hydrogen-bond donors (Lipinski definition) is 2. The zero-order valence-corrected chi connectivity index (χ0v) is 12.9. The predicted molar refractivity (Wildman–Crippen MR) is 79.0 cm³/mol. The van der Waals surface area contributed by atoms with Crippen LogP contribution >= 0.6 is 0 Å². The van der Waals surface area contributed by atoms with Crippen molar-refractivity contribution in [1.29, 1.82) is 0 Å². The molecule has 0 saturated carbocycles. The van der Waals surface area contributed by atoms with Crippen LogP contribution in [0.15, 0.2) is 0 Å². The molecule has 1 unspecified atom stereocenters. The Balaban J connectivity index is 2.39. The Morgan fingerprint density at radius 2 is 1.89 bits per heavy atom. The van der Waals surface area contributed by atoms with Crippen LogP contribution in [0.25, 0.3) is 0 Å². The zero-order chi connectivity index (χ0) is 14.5. The van der Waals surface area contributed by atoms with Crippen LogP contribution in [0, 0.1) is 0 Å². The van der Waals surface area contributed by atoms with E-state index in [1.54, 1.807) is 0 Å². The van der Waals surface area contributed by atoms with Crippen LogP contribution in [0.5, 0.6) is 0 Å². The average molecular weight is 270 g/mol. The number of carbonyl (C=O) groups is 1. The number of likely N-dealkylation sites (N-methyl/N-ethyl adjacent to an activating group) is 1. The van der Waals surface area contributed by atoms with E-state index < -0.39 is 0 Å². The number of amides is 1. The lowest BCUT2D eigenvalue weighted by Crippen LogP contribution is -2.58. The molecule has 0 radical (unpaired) electrons. The summed E-state index contributed by atoms with van der Waals surface area (Å²) in [5.41, 5.74) is 5.81. The monoisotopic (exact) mass is 270 g/mol. The number of nitrogens with one attached hydrogen (secondary N) is 1. The highest BCUT2D eigenvalue weighted by molar-refractivity contribution is 5.81. The molecule has 5 nitrogen and oxygen atoms in total. The Morgan fingerprint density at radius 3 is 2.42 bits per heavy atom. The quantitative estimate of drug-likeness (QED) is 0.726. The predicted octanol–water partition coefficient (Wildman–Crippen LogP) is 0.256. The summed E-state index contributed by atoms with van der Waals surface area (Å²) in [4.78, 5) is 16.6. The van der Waals surface area contributed by atoms with E-state index in [9.17, 15) is 4.79 Å². The molecule has 3 N–H and O–H groups in total. The molecule has 0 aromatic heterocycles. The molecular formula is C14H30N4O. The van der Waals surface area contributed by atoms with Crippen molar-refractivity contribution in [1.82, 2.24) is 15.1 Å². The van der Waals surface area contributed by atoms with Crippen molar-refractivity contribution < 1.29 is 4.79 Å². The average Bonchev–Trinajstić information content (AvgIpc) is 2.37. The maximum Gasteiger partial charge on any atom is 0.236 e. The molecule has 1 rings (SSSR count). The summed E-state index contributed by atoms with van der Waals surface area (Å²) in [6.07, 6.45) is 1.69. The molecule has 112 valence electrons. The van der Waals surface area contributed by atoms with E-state index in [-0.39, 0.29) is 17.5 Å². The third-order valence-electron chi connectivity index (χ3n) is 3.99. The molecule has 5 heteroatoms. The topological polar surface area (TPSA) is 61.6 Å². The minimum absolute atomic E-state index is 0.0111. The van der Waals surface area contributed by atoms with E-state index in [0.29, 0.717) is 6.54 Å². The number of piperazine rings is 1. The third kappa shape index (κ3) is 5.09. The van der Waals surface area contributed by atoms with Gasteiger partial charge >= 0.3 is 0 Å². The summed E-state index contributed by atoms with van der Waals surface area (Å²) in [6.45, 7) is 11.4. The summed E-state index contributed by atoms with van der Waals surface area (Å²) in [5, 5.41) is 3.00. The summed E-state index contributed by atoms with van der Waals surface area (Å²) in [5.74, 6) is -0.0240. The third-order valence-corrected chi connectivity index (χ3v) is 3.99. The van der Waals surface area contributed by atoms with Gasteiger partial charge in [0, 0.05) is 38.3 Å². The molecule has 1 aliphatic heterocycles. The Morgan fingerprint density at radius 1 is 1.32 bits per heavy atom. The Labute approximate surface area is 117 Å². The molecule has 1 fully saturated rings. The molecule has 1 heterocycles. The van der Waals surface area contributed by atoms with Gasteiger partial charge in [-0.3, -0.25) is 9.69 Å². The fourth-order valence-corrected chi connectivity index (χ4v) is 2.40. The summed E-state index contributed by atoms with van der Waals surface area (Å²) in [7, 11) is 2.15. The van der Waals surface area contributed by atoms with Gasteiger partial charge < -0.3 is 16.0 Å². The molecule has 1 amide bonds. The normalized spacial score (nSPS) is 20.3. The van der Waals surface area contributed by atoms with Gasteiger partial charge in [-0.15, -0.1) is 0 Å². The second-order valence-corrected chi connectivity index (χ2v) is 6.22. The van der Waals surface area contributed by atoms with E-state index in [0.717, 1.165) is 39.0 Å². The minimum atomic E-state index is -0.367. The Hall–Kier alpha value is -0.650. The molecule has 1 saturated heterocycles. The maximum absolute atomic E-state index is 11.9. The first kappa shape index (κ1) is 16.4. The van der Waals surface area contributed by atoms with Gasteiger partial charge in [-0.2, -0.15) is 0 Å². The summed E-state index contributed by atoms with van der Waals surface area (Å²) >= 11 is 0. The molecule has 0 aromatic rings. The molecule has 19 heavy (non-hydrogen) atoms. The van der Waals surface area contributed by atoms with Crippen LogP contribution in [-0.4, -0.2) is 67.1 Å². The first-order valence-electron chi connectivity index (χ1n) is 7.33.